The van der Waals surface area contributed by atoms with E-state index in [-0.39, 0.29) is 16.6 Å². The number of rotatable bonds is 6. The molecule has 0 radical (unpaired) electrons. The lowest BCUT2D eigenvalue weighted by atomic mass is 9.93. The summed E-state index contributed by atoms with van der Waals surface area (Å²) in [5.41, 5.74) is 0.862. The van der Waals surface area contributed by atoms with Gasteiger partial charge in [0.2, 0.25) is 10.0 Å². The second kappa shape index (κ2) is 6.11. The number of nitrogens with one attached hydrogen (secondary N) is 1. The van der Waals surface area contributed by atoms with E-state index in [2.05, 4.69) is 4.72 Å². The Bertz CT molecular complexity index is 506. The van der Waals surface area contributed by atoms with Gasteiger partial charge in [0.05, 0.1) is 4.90 Å². The molecule has 0 aliphatic carbocycles. The molecule has 0 aromatic heterocycles. The van der Waals surface area contributed by atoms with Crippen molar-refractivity contribution >= 4 is 15.8 Å². The van der Waals surface area contributed by atoms with Crippen molar-refractivity contribution in [3.63, 3.8) is 0 Å². The van der Waals surface area contributed by atoms with Crippen LogP contribution in [0.5, 0.6) is 0 Å². The lowest BCUT2D eigenvalue weighted by Gasteiger charge is -2.12. The molecule has 18 heavy (non-hydrogen) atoms. The summed E-state index contributed by atoms with van der Waals surface area (Å²) >= 11 is 0. The molecular formula is C13H19NO3S. The molecule has 0 bridgehead atoms. The summed E-state index contributed by atoms with van der Waals surface area (Å²) in [5.74, 6) is -0.0549. The number of carbonyl (C=O) groups excluding carboxylic acids is 1. The maximum Gasteiger partial charge on any atom is 0.240 e. The molecule has 1 atom stereocenters. The fourth-order valence-corrected chi connectivity index (χ4v) is 2.95. The molecule has 0 amide bonds. The van der Waals surface area contributed by atoms with E-state index in [4.69, 9.17) is 0 Å². The molecule has 0 aliphatic rings. The fourth-order valence-electron chi connectivity index (χ4n) is 1.91. The Morgan fingerprint density at radius 1 is 1.22 bits per heavy atom. The number of hydrogen-bond acceptors (Lipinski definition) is 3. The van der Waals surface area contributed by atoms with Crippen LogP contribution in [0.3, 0.4) is 0 Å². The second-order valence-corrected chi connectivity index (χ2v) is 5.91. The maximum absolute atomic E-state index is 11.7. The summed E-state index contributed by atoms with van der Waals surface area (Å²) in [7, 11) is -3.41. The van der Waals surface area contributed by atoms with Crippen molar-refractivity contribution in [1.82, 2.24) is 4.72 Å². The summed E-state index contributed by atoms with van der Waals surface area (Å²) < 4.78 is 25.9. The Kier molecular flexibility index (Phi) is 5.04. The zero-order valence-electron chi connectivity index (χ0n) is 10.9. The first-order chi connectivity index (χ1) is 8.42. The number of Topliss-reactive ketones (excluding diaryl/α,β-unsaturated/α-hetero) is 1. The van der Waals surface area contributed by atoms with Gasteiger partial charge in [0.1, 0.15) is 5.78 Å². The fraction of sp³-hybridized carbons (Fsp3) is 0.462. The van der Waals surface area contributed by atoms with Gasteiger partial charge in [-0.15, -0.1) is 0 Å². The van der Waals surface area contributed by atoms with Crippen LogP contribution in [0.25, 0.3) is 0 Å². The van der Waals surface area contributed by atoms with Crippen molar-refractivity contribution in [2.24, 2.45) is 0 Å². The Balaban J connectivity index is 3.03. The van der Waals surface area contributed by atoms with E-state index in [1.54, 1.807) is 38.1 Å². The molecule has 1 aromatic rings. The molecule has 1 rings (SSSR count). The number of carbonyl (C=O) groups is 1. The van der Waals surface area contributed by atoms with Crippen molar-refractivity contribution < 1.29 is 13.2 Å². The van der Waals surface area contributed by atoms with Crippen LogP contribution in [0.1, 0.15) is 38.7 Å². The molecule has 0 saturated heterocycles. The number of ketones is 1. The van der Waals surface area contributed by atoms with Crippen LogP contribution in [0.4, 0.5) is 0 Å². The van der Waals surface area contributed by atoms with E-state index >= 15 is 0 Å². The largest absolute Gasteiger partial charge is 0.299 e. The first-order valence-electron chi connectivity index (χ1n) is 6.02. The van der Waals surface area contributed by atoms with Crippen LogP contribution in [-0.2, 0) is 14.8 Å². The summed E-state index contributed by atoms with van der Waals surface area (Å²) in [6.07, 6.45) is 0.717. The highest BCUT2D eigenvalue weighted by molar-refractivity contribution is 7.89. The quantitative estimate of drug-likeness (QED) is 0.860. The Hall–Kier alpha value is -1.20. The van der Waals surface area contributed by atoms with E-state index in [1.165, 1.54) is 0 Å². The number of hydrogen-bond donors (Lipinski definition) is 1. The van der Waals surface area contributed by atoms with Gasteiger partial charge in [-0.05, 0) is 31.0 Å². The van der Waals surface area contributed by atoms with Gasteiger partial charge in [0.25, 0.3) is 0 Å². The molecule has 0 spiro atoms. The molecule has 5 heteroatoms. The van der Waals surface area contributed by atoms with Crippen molar-refractivity contribution in [2.75, 3.05) is 6.54 Å². The Labute approximate surface area is 108 Å². The molecule has 1 aromatic carbocycles. The standard InChI is InChI=1S/C13H19NO3S/c1-4-13(10(3)15)11-6-8-12(9-7-11)18(16,17)14-5-2/h6-9,13-14H,4-5H2,1-3H3. The minimum Gasteiger partial charge on any atom is -0.299 e. The van der Waals surface area contributed by atoms with Crippen LogP contribution < -0.4 is 4.72 Å². The third kappa shape index (κ3) is 3.40. The summed E-state index contributed by atoms with van der Waals surface area (Å²) in [6.45, 7) is 5.58. The smallest absolute Gasteiger partial charge is 0.240 e. The average molecular weight is 269 g/mol. The molecular weight excluding hydrogens is 250 g/mol. The SMILES string of the molecule is CCNS(=O)(=O)c1ccc(C(CC)C(C)=O)cc1. The van der Waals surface area contributed by atoms with Gasteiger partial charge in [-0.1, -0.05) is 26.0 Å². The van der Waals surface area contributed by atoms with Gasteiger partial charge in [0.15, 0.2) is 0 Å². The molecule has 0 aliphatic heterocycles. The van der Waals surface area contributed by atoms with E-state index in [9.17, 15) is 13.2 Å². The molecule has 1 unspecified atom stereocenters. The summed E-state index contributed by atoms with van der Waals surface area (Å²) in [6, 6.07) is 6.50. The number of sulfonamides is 1. The van der Waals surface area contributed by atoms with Crippen LogP contribution >= 0.6 is 0 Å². The zero-order chi connectivity index (χ0) is 13.8. The third-order valence-corrected chi connectivity index (χ3v) is 4.39. The molecule has 0 saturated carbocycles. The van der Waals surface area contributed by atoms with Crippen molar-refractivity contribution in [1.29, 1.82) is 0 Å². The van der Waals surface area contributed by atoms with E-state index in [0.717, 1.165) is 5.56 Å². The molecule has 0 fully saturated rings. The van der Waals surface area contributed by atoms with Crippen LogP contribution in [0.15, 0.2) is 29.2 Å². The Morgan fingerprint density at radius 3 is 2.17 bits per heavy atom. The minimum absolute atomic E-state index is 0.0970. The summed E-state index contributed by atoms with van der Waals surface area (Å²) in [4.78, 5) is 11.7. The van der Waals surface area contributed by atoms with Crippen molar-refractivity contribution in [3.05, 3.63) is 29.8 Å². The maximum atomic E-state index is 11.7. The van der Waals surface area contributed by atoms with Crippen LogP contribution in [-0.4, -0.2) is 20.7 Å². The third-order valence-electron chi connectivity index (χ3n) is 2.83. The number of benzene rings is 1. The average Bonchev–Trinajstić information content (AvgIpc) is 2.30. The topological polar surface area (TPSA) is 63.2 Å². The van der Waals surface area contributed by atoms with Crippen molar-refractivity contribution in [3.8, 4) is 0 Å². The van der Waals surface area contributed by atoms with Gasteiger partial charge in [-0.25, -0.2) is 13.1 Å². The molecule has 1 N–H and O–H groups in total. The highest BCUT2D eigenvalue weighted by atomic mass is 32.2. The van der Waals surface area contributed by atoms with Crippen LogP contribution in [0.2, 0.25) is 0 Å². The molecule has 100 valence electrons. The zero-order valence-corrected chi connectivity index (χ0v) is 11.8. The highest BCUT2D eigenvalue weighted by Gasteiger charge is 2.16. The monoisotopic (exact) mass is 269 g/mol. The van der Waals surface area contributed by atoms with Gasteiger partial charge >= 0.3 is 0 Å². The van der Waals surface area contributed by atoms with Gasteiger partial charge in [0, 0.05) is 12.5 Å². The predicted octanol–water partition coefficient (Wildman–Crippen LogP) is 2.07. The summed E-state index contributed by atoms with van der Waals surface area (Å²) in [5, 5.41) is 0. The molecule has 0 heterocycles. The van der Waals surface area contributed by atoms with Gasteiger partial charge in [-0.2, -0.15) is 0 Å². The second-order valence-electron chi connectivity index (χ2n) is 4.14. The predicted molar refractivity (Wildman–Crippen MR) is 71.0 cm³/mol. The first-order valence-corrected chi connectivity index (χ1v) is 7.50. The minimum atomic E-state index is -3.41. The van der Waals surface area contributed by atoms with E-state index in [1.807, 2.05) is 6.92 Å². The van der Waals surface area contributed by atoms with Gasteiger partial charge in [-0.3, -0.25) is 4.79 Å². The molecule has 4 nitrogen and oxygen atoms in total. The van der Waals surface area contributed by atoms with Crippen molar-refractivity contribution in [2.45, 2.75) is 38.0 Å². The normalized spacial score (nSPS) is 13.3. The van der Waals surface area contributed by atoms with Gasteiger partial charge < -0.3 is 0 Å². The Morgan fingerprint density at radius 2 is 1.78 bits per heavy atom. The lowest BCUT2D eigenvalue weighted by Crippen LogP contribution is -2.23. The first kappa shape index (κ1) is 14.9. The van der Waals surface area contributed by atoms with Crippen LogP contribution in [0, 0.1) is 0 Å². The lowest BCUT2D eigenvalue weighted by molar-refractivity contribution is -0.118. The van der Waals surface area contributed by atoms with E-state index in [0.29, 0.717) is 13.0 Å². The van der Waals surface area contributed by atoms with E-state index < -0.39 is 10.0 Å². The highest BCUT2D eigenvalue weighted by Crippen LogP contribution is 2.22.